The molecule has 158 valence electrons. The maximum absolute atomic E-state index is 15.5. The molecule has 0 fully saturated rings. The Labute approximate surface area is 170 Å². The van der Waals surface area contributed by atoms with E-state index >= 15 is 8.78 Å². The third-order valence-electron chi connectivity index (χ3n) is 4.10. The van der Waals surface area contributed by atoms with Crippen molar-refractivity contribution in [2.24, 2.45) is 0 Å². The normalized spacial score (nSPS) is 13.8. The number of nitrogens with zero attached hydrogens (tertiary/aromatic N) is 5. The van der Waals surface area contributed by atoms with Gasteiger partial charge in [0.25, 0.3) is 0 Å². The van der Waals surface area contributed by atoms with Gasteiger partial charge >= 0.3 is 11.9 Å². The van der Waals surface area contributed by atoms with Gasteiger partial charge in [-0.25, -0.2) is 13.5 Å². The van der Waals surface area contributed by atoms with Crippen molar-refractivity contribution in [1.29, 1.82) is 0 Å². The third-order valence-corrected chi connectivity index (χ3v) is 5.06. The molecule has 0 saturated carbocycles. The van der Waals surface area contributed by atoms with Gasteiger partial charge in [-0.05, 0) is 34.7 Å². The molecule has 2 heterocycles. The van der Waals surface area contributed by atoms with E-state index in [4.69, 9.17) is 5.11 Å². The number of benzene rings is 1. The molecule has 2 aromatic heterocycles. The highest BCUT2D eigenvalue weighted by Gasteiger charge is 2.57. The molecule has 3 rings (SSSR count). The zero-order valence-electron chi connectivity index (χ0n) is 14.9. The summed E-state index contributed by atoms with van der Waals surface area (Å²) in [5.74, 6) is -7.98. The van der Waals surface area contributed by atoms with Crippen LogP contribution in [0.4, 0.5) is 17.6 Å². The van der Waals surface area contributed by atoms with E-state index in [1.54, 1.807) is 0 Å². The minimum Gasteiger partial charge on any atom is -0.481 e. The second-order valence-corrected chi connectivity index (χ2v) is 7.18. The lowest BCUT2D eigenvalue weighted by molar-refractivity contribution is -0.207. The highest BCUT2D eigenvalue weighted by atomic mass is 32.2. The van der Waals surface area contributed by atoms with Crippen molar-refractivity contribution in [2.45, 2.75) is 23.0 Å². The van der Waals surface area contributed by atoms with Gasteiger partial charge < -0.3 is 10.2 Å². The second-order valence-electron chi connectivity index (χ2n) is 6.13. The summed E-state index contributed by atoms with van der Waals surface area (Å²) < 4.78 is 59.4. The summed E-state index contributed by atoms with van der Waals surface area (Å²) in [6.07, 6.45) is 1.96. The van der Waals surface area contributed by atoms with Crippen molar-refractivity contribution >= 4 is 17.7 Å². The first-order chi connectivity index (χ1) is 14.1. The number of alkyl halides is 2. The predicted octanol–water partition coefficient (Wildman–Crippen LogP) is 2.20. The van der Waals surface area contributed by atoms with Crippen molar-refractivity contribution in [3.05, 3.63) is 65.7 Å². The standard InChI is InChI=1S/C17H13F4N5O3S/c18-10-1-3-12(13(19)5-10)16(29,8-26-9-23-24-25-26)17(20,21)14-4-2-11(6-22-14)30-7-15(27)28/h1-6,9,29H,7-8H2,(H,27,28). The summed E-state index contributed by atoms with van der Waals surface area (Å²) in [5, 5.41) is 29.7. The number of carbonyl (C=O) groups is 1. The van der Waals surface area contributed by atoms with E-state index in [-0.39, 0.29) is 5.75 Å². The number of pyridine rings is 1. The molecule has 13 heteroatoms. The topological polar surface area (TPSA) is 114 Å². The number of aliphatic hydroxyl groups is 1. The van der Waals surface area contributed by atoms with Crippen LogP contribution in [0.15, 0.2) is 47.8 Å². The SMILES string of the molecule is O=C(O)CSc1ccc(C(F)(F)C(O)(Cn2cnnn2)c2ccc(F)cc2F)nc1. The van der Waals surface area contributed by atoms with E-state index in [2.05, 4.69) is 20.5 Å². The molecule has 0 spiro atoms. The van der Waals surface area contributed by atoms with Gasteiger partial charge in [-0.15, -0.1) is 16.9 Å². The summed E-state index contributed by atoms with van der Waals surface area (Å²) in [7, 11) is 0. The van der Waals surface area contributed by atoms with Gasteiger partial charge in [-0.3, -0.25) is 9.78 Å². The summed E-state index contributed by atoms with van der Waals surface area (Å²) in [5.41, 5.74) is -5.03. The molecule has 0 amide bonds. The van der Waals surface area contributed by atoms with Crippen molar-refractivity contribution in [1.82, 2.24) is 25.2 Å². The highest BCUT2D eigenvalue weighted by molar-refractivity contribution is 8.00. The first-order valence-corrected chi connectivity index (χ1v) is 9.19. The highest BCUT2D eigenvalue weighted by Crippen LogP contribution is 2.46. The molecule has 8 nitrogen and oxygen atoms in total. The molecular formula is C17H13F4N5O3S. The molecule has 3 aromatic rings. The van der Waals surface area contributed by atoms with Crippen LogP contribution in [-0.2, 0) is 22.9 Å². The van der Waals surface area contributed by atoms with E-state index in [1.807, 2.05) is 0 Å². The first-order valence-electron chi connectivity index (χ1n) is 8.21. The Hall–Kier alpha value is -3.06. The fourth-order valence-corrected chi connectivity index (χ4v) is 3.26. The van der Waals surface area contributed by atoms with Gasteiger partial charge in [0.1, 0.15) is 23.7 Å². The number of halogens is 4. The summed E-state index contributed by atoms with van der Waals surface area (Å²) in [6, 6.07) is 3.89. The van der Waals surface area contributed by atoms with E-state index in [0.29, 0.717) is 17.0 Å². The summed E-state index contributed by atoms with van der Waals surface area (Å²) >= 11 is 0.858. The minimum atomic E-state index is -4.17. The molecule has 1 unspecified atom stereocenters. The number of rotatable bonds is 8. The van der Waals surface area contributed by atoms with Crippen LogP contribution >= 0.6 is 11.8 Å². The van der Waals surface area contributed by atoms with Crippen molar-refractivity contribution in [3.63, 3.8) is 0 Å². The lowest BCUT2D eigenvalue weighted by Gasteiger charge is -2.35. The number of carboxylic acids is 1. The molecular weight excluding hydrogens is 430 g/mol. The van der Waals surface area contributed by atoms with Crippen LogP contribution in [0.25, 0.3) is 0 Å². The van der Waals surface area contributed by atoms with Crippen LogP contribution in [0.5, 0.6) is 0 Å². The summed E-state index contributed by atoms with van der Waals surface area (Å²) in [4.78, 5) is 14.5. The second kappa shape index (κ2) is 8.36. The smallest absolute Gasteiger partial charge is 0.323 e. The maximum Gasteiger partial charge on any atom is 0.323 e. The molecule has 0 saturated heterocycles. The van der Waals surface area contributed by atoms with Crippen molar-refractivity contribution < 1.29 is 32.6 Å². The largest absolute Gasteiger partial charge is 0.481 e. The van der Waals surface area contributed by atoms with E-state index < -0.39 is 46.9 Å². The molecule has 0 aliphatic carbocycles. The van der Waals surface area contributed by atoms with Gasteiger partial charge in [0, 0.05) is 22.7 Å². The first kappa shape index (κ1) is 21.6. The average Bonchev–Trinajstić information content (AvgIpc) is 3.19. The molecule has 30 heavy (non-hydrogen) atoms. The molecule has 1 atom stereocenters. The third kappa shape index (κ3) is 4.26. The van der Waals surface area contributed by atoms with Crippen molar-refractivity contribution in [3.8, 4) is 0 Å². The number of thioether (sulfide) groups is 1. The number of hydrogen-bond acceptors (Lipinski definition) is 7. The van der Waals surface area contributed by atoms with E-state index in [9.17, 15) is 18.7 Å². The van der Waals surface area contributed by atoms with Gasteiger partial charge in [0.05, 0.1) is 12.3 Å². The number of aliphatic carboxylic acids is 1. The van der Waals surface area contributed by atoms with E-state index in [1.165, 1.54) is 6.07 Å². The Kier molecular flexibility index (Phi) is 6.03. The monoisotopic (exact) mass is 443 g/mol. The quantitative estimate of drug-likeness (QED) is 0.402. The maximum atomic E-state index is 15.5. The van der Waals surface area contributed by atoms with Crippen LogP contribution in [0, 0.1) is 11.6 Å². The molecule has 2 N–H and O–H groups in total. The average molecular weight is 443 g/mol. The van der Waals surface area contributed by atoms with Crippen molar-refractivity contribution in [2.75, 3.05) is 5.75 Å². The zero-order valence-corrected chi connectivity index (χ0v) is 15.7. The van der Waals surface area contributed by atoms with Crippen LogP contribution in [0.3, 0.4) is 0 Å². The Bertz CT molecular complexity index is 1040. The fourth-order valence-electron chi connectivity index (χ4n) is 2.67. The Morgan fingerprint density at radius 1 is 1.20 bits per heavy atom. The Balaban J connectivity index is 2.04. The predicted molar refractivity (Wildman–Crippen MR) is 94.6 cm³/mol. The van der Waals surface area contributed by atoms with Gasteiger partial charge in [0.2, 0.25) is 0 Å². The zero-order chi connectivity index (χ0) is 21.9. The van der Waals surface area contributed by atoms with Crippen LogP contribution < -0.4 is 0 Å². The molecule has 0 radical (unpaired) electrons. The fraction of sp³-hybridized carbons (Fsp3) is 0.235. The van der Waals surface area contributed by atoms with E-state index in [0.717, 1.165) is 41.1 Å². The van der Waals surface area contributed by atoms with Gasteiger partial charge in [-0.2, -0.15) is 8.78 Å². The lowest BCUT2D eigenvalue weighted by Crippen LogP contribution is -2.48. The number of hydrogen-bond donors (Lipinski definition) is 2. The van der Waals surface area contributed by atoms with Crippen LogP contribution in [-0.4, -0.2) is 47.1 Å². The van der Waals surface area contributed by atoms with Crippen LogP contribution in [0.2, 0.25) is 0 Å². The molecule has 0 aliphatic rings. The van der Waals surface area contributed by atoms with Gasteiger partial charge in [-0.1, -0.05) is 0 Å². The summed E-state index contributed by atoms with van der Waals surface area (Å²) in [6.45, 7) is -0.966. The molecule has 0 aliphatic heterocycles. The Morgan fingerprint density at radius 2 is 1.97 bits per heavy atom. The van der Waals surface area contributed by atoms with Crippen LogP contribution in [0.1, 0.15) is 11.3 Å². The molecule has 1 aromatic carbocycles. The molecule has 0 bridgehead atoms. The minimum absolute atomic E-state index is 0.300. The number of tetrazole rings is 1. The van der Waals surface area contributed by atoms with Gasteiger partial charge in [0.15, 0.2) is 5.60 Å². The Morgan fingerprint density at radius 3 is 2.53 bits per heavy atom. The lowest BCUT2D eigenvalue weighted by atomic mass is 9.84. The number of carboxylic acid groups (broad SMARTS) is 1. The number of aromatic nitrogens is 5.